The van der Waals surface area contributed by atoms with E-state index in [2.05, 4.69) is 5.32 Å². The molecule has 0 radical (unpaired) electrons. The van der Waals surface area contributed by atoms with Gasteiger partial charge in [-0.2, -0.15) is 0 Å². The van der Waals surface area contributed by atoms with Crippen molar-refractivity contribution in [3.8, 4) is 0 Å². The fourth-order valence-electron chi connectivity index (χ4n) is 1.27. The number of rotatable bonds is 5. The molecule has 0 unspecified atom stereocenters. The SMILES string of the molecule is Cc1ccc(F)cc1CNC(C)(CCl)CCl. The van der Waals surface area contributed by atoms with Gasteiger partial charge in [0.25, 0.3) is 0 Å². The molecule has 0 heterocycles. The topological polar surface area (TPSA) is 12.0 Å². The third-order valence-electron chi connectivity index (χ3n) is 2.61. The highest BCUT2D eigenvalue weighted by atomic mass is 35.5. The Kier molecular flexibility index (Phi) is 5.03. The average Bonchev–Trinajstić information content (AvgIpc) is 2.30. The second kappa shape index (κ2) is 5.85. The van der Waals surface area contributed by atoms with Gasteiger partial charge in [0, 0.05) is 23.8 Å². The van der Waals surface area contributed by atoms with Crippen LogP contribution in [0.4, 0.5) is 4.39 Å². The Balaban J connectivity index is 2.70. The lowest BCUT2D eigenvalue weighted by Crippen LogP contribution is -2.45. The van der Waals surface area contributed by atoms with Gasteiger partial charge in [0.2, 0.25) is 0 Å². The number of aryl methyl sites for hydroxylation is 1. The summed E-state index contributed by atoms with van der Waals surface area (Å²) in [6.07, 6.45) is 0. The van der Waals surface area contributed by atoms with Crippen LogP contribution < -0.4 is 5.32 Å². The van der Waals surface area contributed by atoms with Crippen molar-refractivity contribution in [1.29, 1.82) is 0 Å². The van der Waals surface area contributed by atoms with Crippen LogP contribution in [0.15, 0.2) is 18.2 Å². The summed E-state index contributed by atoms with van der Waals surface area (Å²) >= 11 is 11.7. The first-order valence-electron chi connectivity index (χ1n) is 5.13. The molecule has 0 aliphatic carbocycles. The van der Waals surface area contributed by atoms with Crippen LogP contribution in [0.1, 0.15) is 18.1 Å². The summed E-state index contributed by atoms with van der Waals surface area (Å²) in [4.78, 5) is 0. The number of benzene rings is 1. The Morgan fingerprint density at radius 1 is 1.31 bits per heavy atom. The fraction of sp³-hybridized carbons (Fsp3) is 0.500. The minimum atomic E-state index is -0.318. The lowest BCUT2D eigenvalue weighted by molar-refractivity contribution is 0.433. The third-order valence-corrected chi connectivity index (χ3v) is 3.79. The molecule has 0 bridgehead atoms. The molecule has 0 saturated carbocycles. The summed E-state index contributed by atoms with van der Waals surface area (Å²) in [7, 11) is 0. The Morgan fingerprint density at radius 2 is 1.94 bits per heavy atom. The first-order chi connectivity index (χ1) is 7.50. The Morgan fingerprint density at radius 3 is 2.50 bits per heavy atom. The van der Waals surface area contributed by atoms with Crippen LogP contribution in [0.25, 0.3) is 0 Å². The van der Waals surface area contributed by atoms with E-state index in [-0.39, 0.29) is 11.4 Å². The molecular formula is C12H16Cl2FN. The lowest BCUT2D eigenvalue weighted by Gasteiger charge is -2.26. The Bertz CT molecular complexity index is 351. The van der Waals surface area contributed by atoms with Gasteiger partial charge in [-0.1, -0.05) is 6.07 Å². The summed E-state index contributed by atoms with van der Waals surface area (Å²) in [6.45, 7) is 4.47. The molecule has 1 aromatic rings. The largest absolute Gasteiger partial charge is 0.305 e. The zero-order chi connectivity index (χ0) is 12.2. The van der Waals surface area contributed by atoms with Crippen molar-refractivity contribution in [3.63, 3.8) is 0 Å². The molecule has 4 heteroatoms. The van der Waals surface area contributed by atoms with Gasteiger partial charge in [0.15, 0.2) is 0 Å². The molecule has 1 aromatic carbocycles. The minimum absolute atomic E-state index is 0.221. The van der Waals surface area contributed by atoms with Crippen LogP contribution in [-0.2, 0) is 6.54 Å². The minimum Gasteiger partial charge on any atom is -0.305 e. The first-order valence-corrected chi connectivity index (χ1v) is 6.19. The number of hydrogen-bond donors (Lipinski definition) is 1. The molecule has 0 aromatic heterocycles. The molecule has 0 aliphatic heterocycles. The quantitative estimate of drug-likeness (QED) is 0.803. The number of alkyl halides is 2. The molecule has 0 spiro atoms. The van der Waals surface area contributed by atoms with E-state index in [0.717, 1.165) is 11.1 Å². The normalized spacial score (nSPS) is 11.8. The summed E-state index contributed by atoms with van der Waals surface area (Å²) in [6, 6.07) is 4.76. The number of hydrogen-bond acceptors (Lipinski definition) is 1. The van der Waals surface area contributed by atoms with Gasteiger partial charge in [-0.15, -0.1) is 23.2 Å². The smallest absolute Gasteiger partial charge is 0.123 e. The van der Waals surface area contributed by atoms with Gasteiger partial charge in [0.1, 0.15) is 5.82 Å². The van der Waals surface area contributed by atoms with E-state index >= 15 is 0 Å². The van der Waals surface area contributed by atoms with Crippen molar-refractivity contribution in [2.45, 2.75) is 25.9 Å². The van der Waals surface area contributed by atoms with Gasteiger partial charge in [-0.3, -0.25) is 0 Å². The molecule has 1 nitrogen and oxygen atoms in total. The third kappa shape index (κ3) is 3.62. The highest BCUT2D eigenvalue weighted by Gasteiger charge is 2.21. The zero-order valence-corrected chi connectivity index (χ0v) is 11.0. The van der Waals surface area contributed by atoms with Crippen LogP contribution in [0.2, 0.25) is 0 Å². The standard InChI is InChI=1S/C12H16Cl2FN/c1-9-3-4-11(15)5-10(9)6-16-12(2,7-13)8-14/h3-5,16H,6-8H2,1-2H3. The van der Waals surface area contributed by atoms with E-state index in [1.165, 1.54) is 12.1 Å². The summed E-state index contributed by atoms with van der Waals surface area (Å²) in [5.41, 5.74) is 1.67. The maximum Gasteiger partial charge on any atom is 0.123 e. The zero-order valence-electron chi connectivity index (χ0n) is 9.49. The molecule has 0 saturated heterocycles. The molecule has 0 atom stereocenters. The molecule has 90 valence electrons. The highest BCUT2D eigenvalue weighted by molar-refractivity contribution is 6.22. The second-order valence-electron chi connectivity index (χ2n) is 4.25. The van der Waals surface area contributed by atoms with Gasteiger partial charge < -0.3 is 5.32 Å². The molecule has 0 aliphatic rings. The number of nitrogens with one attached hydrogen (secondary N) is 1. The molecule has 0 amide bonds. The van der Waals surface area contributed by atoms with Crippen LogP contribution in [0.3, 0.4) is 0 Å². The average molecular weight is 264 g/mol. The molecule has 1 N–H and O–H groups in total. The predicted molar refractivity (Wildman–Crippen MR) is 67.8 cm³/mol. The van der Waals surface area contributed by atoms with Crippen molar-refractivity contribution in [1.82, 2.24) is 5.32 Å². The first kappa shape index (κ1) is 13.8. The molecule has 16 heavy (non-hydrogen) atoms. The van der Waals surface area contributed by atoms with Crippen LogP contribution in [0, 0.1) is 12.7 Å². The van der Waals surface area contributed by atoms with E-state index in [0.29, 0.717) is 18.3 Å². The van der Waals surface area contributed by atoms with Gasteiger partial charge in [-0.05, 0) is 37.1 Å². The summed E-state index contributed by atoms with van der Waals surface area (Å²) in [5.74, 6) is 0.622. The molecule has 1 rings (SSSR count). The van der Waals surface area contributed by atoms with Crippen molar-refractivity contribution in [3.05, 3.63) is 35.1 Å². The number of halogens is 3. The van der Waals surface area contributed by atoms with E-state index in [1.54, 1.807) is 6.07 Å². The van der Waals surface area contributed by atoms with Crippen molar-refractivity contribution >= 4 is 23.2 Å². The second-order valence-corrected chi connectivity index (χ2v) is 4.79. The van der Waals surface area contributed by atoms with Gasteiger partial charge in [-0.25, -0.2) is 4.39 Å². The predicted octanol–water partition coefficient (Wildman–Crippen LogP) is 3.46. The summed E-state index contributed by atoms with van der Waals surface area (Å²) < 4.78 is 13.1. The maximum absolute atomic E-state index is 13.1. The van der Waals surface area contributed by atoms with Crippen molar-refractivity contribution in [2.75, 3.05) is 11.8 Å². The maximum atomic E-state index is 13.1. The van der Waals surface area contributed by atoms with Crippen LogP contribution in [0.5, 0.6) is 0 Å². The van der Waals surface area contributed by atoms with E-state index in [4.69, 9.17) is 23.2 Å². The van der Waals surface area contributed by atoms with Crippen LogP contribution >= 0.6 is 23.2 Å². The monoisotopic (exact) mass is 263 g/mol. The van der Waals surface area contributed by atoms with E-state index < -0.39 is 0 Å². The van der Waals surface area contributed by atoms with Gasteiger partial charge in [0.05, 0.1) is 0 Å². The molecule has 0 fully saturated rings. The highest BCUT2D eigenvalue weighted by Crippen LogP contribution is 2.14. The Hall–Kier alpha value is -0.310. The summed E-state index contributed by atoms with van der Waals surface area (Å²) in [5, 5.41) is 3.25. The lowest BCUT2D eigenvalue weighted by atomic mass is 10.1. The molecular weight excluding hydrogens is 248 g/mol. The van der Waals surface area contributed by atoms with E-state index in [9.17, 15) is 4.39 Å². The van der Waals surface area contributed by atoms with Crippen molar-refractivity contribution in [2.24, 2.45) is 0 Å². The van der Waals surface area contributed by atoms with E-state index in [1.807, 2.05) is 13.8 Å². The Labute approximate surface area is 106 Å². The van der Waals surface area contributed by atoms with Crippen molar-refractivity contribution < 1.29 is 4.39 Å². The fourth-order valence-corrected chi connectivity index (χ4v) is 1.74. The van der Waals surface area contributed by atoms with Crippen LogP contribution in [-0.4, -0.2) is 17.3 Å². The van der Waals surface area contributed by atoms with Gasteiger partial charge >= 0.3 is 0 Å².